The first-order valence-corrected chi connectivity index (χ1v) is 5.68. The number of nitrogens with zero attached hydrogens (tertiary/aromatic N) is 1. The molecule has 1 aliphatic rings. The first-order valence-electron chi connectivity index (χ1n) is 5.68. The molecule has 0 atom stereocenters. The van der Waals surface area contributed by atoms with E-state index in [1.165, 1.54) is 0 Å². The van der Waals surface area contributed by atoms with E-state index in [-0.39, 0.29) is 0 Å². The SMILES string of the molecule is c1ccc(NOCCN2CCOCC2)cc1. The van der Waals surface area contributed by atoms with Crippen LogP contribution in [0, 0.1) is 0 Å². The van der Waals surface area contributed by atoms with Gasteiger partial charge in [0.15, 0.2) is 0 Å². The molecule has 0 bridgehead atoms. The third-order valence-corrected chi connectivity index (χ3v) is 2.58. The monoisotopic (exact) mass is 222 g/mol. The van der Waals surface area contributed by atoms with E-state index in [0.717, 1.165) is 38.5 Å². The number of benzene rings is 1. The van der Waals surface area contributed by atoms with Gasteiger partial charge in [0.2, 0.25) is 0 Å². The minimum atomic E-state index is 0.689. The van der Waals surface area contributed by atoms with Crippen molar-refractivity contribution in [2.45, 2.75) is 0 Å². The van der Waals surface area contributed by atoms with Crippen LogP contribution in [0.1, 0.15) is 0 Å². The zero-order valence-corrected chi connectivity index (χ0v) is 9.39. The molecule has 4 heteroatoms. The Balaban J connectivity index is 1.58. The van der Waals surface area contributed by atoms with Crippen LogP contribution < -0.4 is 5.48 Å². The fourth-order valence-electron chi connectivity index (χ4n) is 1.64. The van der Waals surface area contributed by atoms with Crippen LogP contribution in [0.15, 0.2) is 30.3 Å². The number of nitrogens with one attached hydrogen (secondary N) is 1. The Morgan fingerprint density at radius 1 is 1.19 bits per heavy atom. The van der Waals surface area contributed by atoms with Crippen molar-refractivity contribution in [3.63, 3.8) is 0 Å². The molecule has 0 saturated carbocycles. The van der Waals surface area contributed by atoms with Crippen molar-refractivity contribution in [2.75, 3.05) is 44.9 Å². The van der Waals surface area contributed by atoms with Gasteiger partial charge in [-0.25, -0.2) is 0 Å². The molecule has 2 rings (SSSR count). The summed E-state index contributed by atoms with van der Waals surface area (Å²) in [5, 5.41) is 0. The standard InChI is InChI=1S/C12H18N2O2/c1-2-4-12(5-3-1)13-16-11-8-14-6-9-15-10-7-14/h1-5,13H,6-11H2. The Labute approximate surface area is 96.1 Å². The van der Waals surface area contributed by atoms with E-state index in [1.54, 1.807) is 0 Å². The highest BCUT2D eigenvalue weighted by atomic mass is 16.6. The molecule has 0 spiro atoms. The van der Waals surface area contributed by atoms with Crippen molar-refractivity contribution in [3.8, 4) is 0 Å². The first-order chi connectivity index (χ1) is 7.95. The molecule has 0 amide bonds. The van der Waals surface area contributed by atoms with Crippen LogP contribution in [0.2, 0.25) is 0 Å². The lowest BCUT2D eigenvalue weighted by molar-refractivity contribution is 0.0261. The van der Waals surface area contributed by atoms with Crippen molar-refractivity contribution < 1.29 is 9.57 Å². The van der Waals surface area contributed by atoms with E-state index >= 15 is 0 Å². The Kier molecular flexibility index (Phi) is 4.61. The predicted octanol–water partition coefficient (Wildman–Crippen LogP) is 1.36. The highest BCUT2D eigenvalue weighted by molar-refractivity contribution is 5.39. The van der Waals surface area contributed by atoms with Gasteiger partial charge < -0.3 is 4.74 Å². The summed E-state index contributed by atoms with van der Waals surface area (Å²) < 4.78 is 5.28. The molecule has 16 heavy (non-hydrogen) atoms. The molecule has 0 aromatic heterocycles. The van der Waals surface area contributed by atoms with Crippen molar-refractivity contribution in [1.82, 2.24) is 4.90 Å². The van der Waals surface area contributed by atoms with Crippen LogP contribution in [0.25, 0.3) is 0 Å². The molecular formula is C12H18N2O2. The average molecular weight is 222 g/mol. The Morgan fingerprint density at radius 2 is 1.94 bits per heavy atom. The van der Waals surface area contributed by atoms with Crippen LogP contribution >= 0.6 is 0 Å². The number of para-hydroxylation sites is 1. The summed E-state index contributed by atoms with van der Waals surface area (Å²) in [4.78, 5) is 7.73. The summed E-state index contributed by atoms with van der Waals surface area (Å²) in [6, 6.07) is 9.91. The fraction of sp³-hybridized carbons (Fsp3) is 0.500. The van der Waals surface area contributed by atoms with E-state index in [2.05, 4.69) is 10.4 Å². The Morgan fingerprint density at radius 3 is 2.69 bits per heavy atom. The number of hydrogen-bond donors (Lipinski definition) is 1. The third-order valence-electron chi connectivity index (χ3n) is 2.58. The van der Waals surface area contributed by atoms with Crippen molar-refractivity contribution in [1.29, 1.82) is 0 Å². The largest absolute Gasteiger partial charge is 0.379 e. The maximum absolute atomic E-state index is 5.39. The van der Waals surface area contributed by atoms with Crippen LogP contribution in [-0.2, 0) is 9.57 Å². The maximum Gasteiger partial charge on any atom is 0.0873 e. The number of ether oxygens (including phenoxy) is 1. The van der Waals surface area contributed by atoms with Crippen molar-refractivity contribution >= 4 is 5.69 Å². The molecule has 1 aromatic rings. The molecule has 0 unspecified atom stereocenters. The van der Waals surface area contributed by atoms with Gasteiger partial charge >= 0.3 is 0 Å². The quantitative estimate of drug-likeness (QED) is 0.602. The summed E-state index contributed by atoms with van der Waals surface area (Å²) in [6.07, 6.45) is 0. The second-order valence-electron chi connectivity index (χ2n) is 3.77. The second kappa shape index (κ2) is 6.48. The Bertz CT molecular complexity index is 286. The summed E-state index contributed by atoms with van der Waals surface area (Å²) in [5.74, 6) is 0. The van der Waals surface area contributed by atoms with Crippen LogP contribution in [0.3, 0.4) is 0 Å². The van der Waals surface area contributed by atoms with Gasteiger partial charge in [-0.2, -0.15) is 0 Å². The van der Waals surface area contributed by atoms with E-state index in [1.807, 2.05) is 30.3 Å². The molecule has 1 aromatic carbocycles. The van der Waals surface area contributed by atoms with Crippen molar-refractivity contribution in [2.24, 2.45) is 0 Å². The zero-order chi connectivity index (χ0) is 11.1. The summed E-state index contributed by atoms with van der Waals surface area (Å²) in [7, 11) is 0. The topological polar surface area (TPSA) is 33.7 Å². The lowest BCUT2D eigenvalue weighted by atomic mass is 10.3. The van der Waals surface area contributed by atoms with Gasteiger partial charge in [0.05, 0.1) is 25.5 Å². The summed E-state index contributed by atoms with van der Waals surface area (Å²) in [5.41, 5.74) is 3.92. The summed E-state index contributed by atoms with van der Waals surface area (Å²) >= 11 is 0. The lowest BCUT2D eigenvalue weighted by Crippen LogP contribution is -2.38. The molecule has 0 radical (unpaired) electrons. The van der Waals surface area contributed by atoms with E-state index < -0.39 is 0 Å². The number of anilines is 1. The molecule has 1 saturated heterocycles. The minimum Gasteiger partial charge on any atom is -0.379 e. The van der Waals surface area contributed by atoms with Crippen LogP contribution in [-0.4, -0.2) is 44.4 Å². The zero-order valence-electron chi connectivity index (χ0n) is 9.39. The maximum atomic E-state index is 5.39. The highest BCUT2D eigenvalue weighted by Crippen LogP contribution is 2.04. The summed E-state index contributed by atoms with van der Waals surface area (Å²) in [6.45, 7) is 5.33. The molecule has 1 N–H and O–H groups in total. The number of hydrogen-bond acceptors (Lipinski definition) is 4. The van der Waals surface area contributed by atoms with Gasteiger partial charge in [0.1, 0.15) is 0 Å². The predicted molar refractivity (Wildman–Crippen MR) is 63.3 cm³/mol. The second-order valence-corrected chi connectivity index (χ2v) is 3.77. The molecule has 1 aliphatic heterocycles. The fourth-order valence-corrected chi connectivity index (χ4v) is 1.64. The number of morpholine rings is 1. The van der Waals surface area contributed by atoms with E-state index in [4.69, 9.17) is 9.57 Å². The van der Waals surface area contributed by atoms with Gasteiger partial charge in [-0.05, 0) is 12.1 Å². The third kappa shape index (κ3) is 3.81. The number of rotatable bonds is 5. The average Bonchev–Trinajstić information content (AvgIpc) is 2.37. The minimum absolute atomic E-state index is 0.689. The van der Waals surface area contributed by atoms with Crippen LogP contribution in [0.5, 0.6) is 0 Å². The van der Waals surface area contributed by atoms with Gasteiger partial charge in [-0.1, -0.05) is 18.2 Å². The normalized spacial score (nSPS) is 17.2. The van der Waals surface area contributed by atoms with E-state index in [9.17, 15) is 0 Å². The molecule has 1 fully saturated rings. The highest BCUT2D eigenvalue weighted by Gasteiger charge is 2.09. The van der Waals surface area contributed by atoms with Gasteiger partial charge in [-0.15, -0.1) is 0 Å². The first kappa shape index (κ1) is 11.4. The van der Waals surface area contributed by atoms with Gasteiger partial charge in [-0.3, -0.25) is 15.2 Å². The molecule has 88 valence electrons. The van der Waals surface area contributed by atoms with E-state index in [0.29, 0.717) is 6.61 Å². The Hall–Kier alpha value is -1.10. The molecule has 4 nitrogen and oxygen atoms in total. The lowest BCUT2D eigenvalue weighted by Gasteiger charge is -2.26. The molecule has 1 heterocycles. The smallest absolute Gasteiger partial charge is 0.0873 e. The van der Waals surface area contributed by atoms with Crippen LogP contribution in [0.4, 0.5) is 5.69 Å². The van der Waals surface area contributed by atoms with Crippen molar-refractivity contribution in [3.05, 3.63) is 30.3 Å². The van der Waals surface area contributed by atoms with Gasteiger partial charge in [0, 0.05) is 19.6 Å². The van der Waals surface area contributed by atoms with Gasteiger partial charge in [0.25, 0.3) is 0 Å². The molecule has 0 aliphatic carbocycles. The molecular weight excluding hydrogens is 204 g/mol.